The number of rotatable bonds is 3. The molecule has 0 aromatic carbocycles. The summed E-state index contributed by atoms with van der Waals surface area (Å²) >= 11 is 0. The van der Waals surface area contributed by atoms with Gasteiger partial charge in [0.05, 0.1) is 12.0 Å². The van der Waals surface area contributed by atoms with E-state index in [-0.39, 0.29) is 11.9 Å². The Morgan fingerprint density at radius 1 is 1.58 bits per heavy atom. The monoisotopic (exact) mass is 267 g/mol. The second kappa shape index (κ2) is 6.41. The molecule has 0 aromatic rings. The molecule has 0 aliphatic carbocycles. The summed E-state index contributed by atoms with van der Waals surface area (Å²) in [7, 11) is 1.60. The van der Waals surface area contributed by atoms with Crippen LogP contribution >= 0.6 is 0 Å². The van der Waals surface area contributed by atoms with E-state index in [0.29, 0.717) is 25.4 Å². The molecular formula is C13H21N3O3. The van der Waals surface area contributed by atoms with E-state index in [1.165, 1.54) is 9.80 Å². The number of amides is 2. The molecule has 0 saturated carbocycles. The second-order valence-electron chi connectivity index (χ2n) is 5.37. The predicted molar refractivity (Wildman–Crippen MR) is 69.3 cm³/mol. The number of carboxylic acid groups (broad SMARTS) is 1. The van der Waals surface area contributed by atoms with E-state index in [1.54, 1.807) is 14.0 Å². The number of carbonyl (C=O) groups is 2. The first kappa shape index (κ1) is 15.3. The minimum absolute atomic E-state index is 0.263. The van der Waals surface area contributed by atoms with E-state index in [2.05, 4.69) is 6.07 Å². The van der Waals surface area contributed by atoms with Gasteiger partial charge >= 0.3 is 12.0 Å². The minimum Gasteiger partial charge on any atom is -0.480 e. The van der Waals surface area contributed by atoms with Gasteiger partial charge in [-0.25, -0.2) is 9.59 Å². The summed E-state index contributed by atoms with van der Waals surface area (Å²) in [6, 6.07) is 1.01. The van der Waals surface area contributed by atoms with Crippen molar-refractivity contribution in [1.82, 2.24) is 9.80 Å². The molecule has 1 rings (SSSR count). The third kappa shape index (κ3) is 3.85. The first-order valence-electron chi connectivity index (χ1n) is 6.51. The number of likely N-dealkylation sites (tertiary alicyclic amines) is 1. The molecular weight excluding hydrogens is 246 g/mol. The van der Waals surface area contributed by atoms with E-state index in [0.717, 1.165) is 6.42 Å². The molecule has 0 bridgehead atoms. The molecule has 19 heavy (non-hydrogen) atoms. The van der Waals surface area contributed by atoms with Crippen molar-refractivity contribution in [2.75, 3.05) is 20.1 Å². The number of nitriles is 1. The molecule has 106 valence electrons. The highest BCUT2D eigenvalue weighted by Gasteiger charge is 2.36. The van der Waals surface area contributed by atoms with Crippen LogP contribution in [0.25, 0.3) is 0 Å². The SMILES string of the molecule is CC(C#N)CN(C)C(=O)N1CCC(C)CC1C(=O)O. The Kier molecular flexibility index (Phi) is 5.16. The summed E-state index contributed by atoms with van der Waals surface area (Å²) in [5, 5.41) is 18.0. The molecule has 6 heteroatoms. The van der Waals surface area contributed by atoms with Gasteiger partial charge in [0.2, 0.25) is 0 Å². The Morgan fingerprint density at radius 3 is 2.74 bits per heavy atom. The molecule has 6 nitrogen and oxygen atoms in total. The number of urea groups is 1. The van der Waals surface area contributed by atoms with Crippen molar-refractivity contribution >= 4 is 12.0 Å². The molecule has 0 spiro atoms. The normalized spacial score (nSPS) is 24.4. The van der Waals surface area contributed by atoms with Crippen molar-refractivity contribution in [3.8, 4) is 6.07 Å². The largest absolute Gasteiger partial charge is 0.480 e. The maximum atomic E-state index is 12.3. The standard InChI is InChI=1S/C13H21N3O3/c1-9-4-5-16(11(6-9)12(17)18)13(19)15(3)8-10(2)7-14/h9-11H,4-6,8H2,1-3H3,(H,17,18). The summed E-state index contributed by atoms with van der Waals surface area (Å²) in [6.07, 6.45) is 1.31. The Morgan fingerprint density at radius 2 is 2.21 bits per heavy atom. The van der Waals surface area contributed by atoms with Crippen molar-refractivity contribution in [3.63, 3.8) is 0 Å². The molecule has 1 aliphatic heterocycles. The van der Waals surface area contributed by atoms with Gasteiger partial charge in [-0.1, -0.05) is 6.92 Å². The lowest BCUT2D eigenvalue weighted by Gasteiger charge is -2.38. The van der Waals surface area contributed by atoms with Crippen LogP contribution in [0.2, 0.25) is 0 Å². The Balaban J connectivity index is 2.73. The summed E-state index contributed by atoms with van der Waals surface area (Å²) in [5.74, 6) is -0.906. The van der Waals surface area contributed by atoms with Crippen molar-refractivity contribution in [2.24, 2.45) is 11.8 Å². The molecule has 3 atom stereocenters. The topological polar surface area (TPSA) is 84.6 Å². The Bertz CT molecular complexity index is 391. The second-order valence-corrected chi connectivity index (χ2v) is 5.37. The molecule has 1 saturated heterocycles. The summed E-state index contributed by atoms with van der Waals surface area (Å²) in [5.41, 5.74) is 0. The lowest BCUT2D eigenvalue weighted by Crippen LogP contribution is -2.54. The molecule has 1 fully saturated rings. The van der Waals surface area contributed by atoms with Crippen molar-refractivity contribution in [3.05, 3.63) is 0 Å². The van der Waals surface area contributed by atoms with Crippen LogP contribution in [0.3, 0.4) is 0 Å². The van der Waals surface area contributed by atoms with Crippen LogP contribution in [-0.2, 0) is 4.79 Å². The molecule has 2 amide bonds. The van der Waals surface area contributed by atoms with Gasteiger partial charge in [0.1, 0.15) is 6.04 Å². The van der Waals surface area contributed by atoms with E-state index in [4.69, 9.17) is 5.26 Å². The van der Waals surface area contributed by atoms with Crippen LogP contribution < -0.4 is 0 Å². The van der Waals surface area contributed by atoms with Crippen LogP contribution in [0.4, 0.5) is 4.79 Å². The lowest BCUT2D eigenvalue weighted by atomic mass is 9.92. The van der Waals surface area contributed by atoms with Crippen molar-refractivity contribution < 1.29 is 14.7 Å². The highest BCUT2D eigenvalue weighted by atomic mass is 16.4. The van der Waals surface area contributed by atoms with Crippen LogP contribution in [0, 0.1) is 23.2 Å². The van der Waals surface area contributed by atoms with Gasteiger partial charge in [-0.3, -0.25) is 0 Å². The molecule has 0 radical (unpaired) electrons. The third-order valence-corrected chi connectivity index (χ3v) is 3.49. The number of hydrogen-bond donors (Lipinski definition) is 1. The number of piperidine rings is 1. The number of carbonyl (C=O) groups excluding carboxylic acids is 1. The zero-order chi connectivity index (χ0) is 14.6. The fraction of sp³-hybridized carbons (Fsp3) is 0.769. The first-order valence-corrected chi connectivity index (χ1v) is 6.51. The van der Waals surface area contributed by atoms with E-state index in [9.17, 15) is 14.7 Å². The van der Waals surface area contributed by atoms with Crippen LogP contribution in [0.5, 0.6) is 0 Å². The smallest absolute Gasteiger partial charge is 0.326 e. The average Bonchev–Trinajstić information content (AvgIpc) is 2.37. The van der Waals surface area contributed by atoms with Crippen LogP contribution in [0.15, 0.2) is 0 Å². The number of aliphatic carboxylic acids is 1. The fourth-order valence-corrected chi connectivity index (χ4v) is 2.35. The molecule has 0 aromatic heterocycles. The number of hydrogen-bond acceptors (Lipinski definition) is 3. The van der Waals surface area contributed by atoms with Gasteiger partial charge in [-0.2, -0.15) is 5.26 Å². The third-order valence-electron chi connectivity index (χ3n) is 3.49. The Labute approximate surface area is 113 Å². The summed E-state index contributed by atoms with van der Waals surface area (Å²) in [4.78, 5) is 26.3. The van der Waals surface area contributed by atoms with E-state index in [1.807, 2.05) is 6.92 Å². The minimum atomic E-state index is -0.957. The van der Waals surface area contributed by atoms with Crippen molar-refractivity contribution in [2.45, 2.75) is 32.7 Å². The number of carboxylic acids is 1. The summed E-state index contributed by atoms with van der Waals surface area (Å²) in [6.45, 7) is 4.51. The lowest BCUT2D eigenvalue weighted by molar-refractivity contribution is -0.144. The van der Waals surface area contributed by atoms with Gasteiger partial charge < -0.3 is 14.9 Å². The molecule has 1 heterocycles. The molecule has 1 aliphatic rings. The maximum Gasteiger partial charge on any atom is 0.326 e. The first-order chi connectivity index (χ1) is 8.86. The highest BCUT2D eigenvalue weighted by Crippen LogP contribution is 2.23. The Hall–Kier alpha value is -1.77. The zero-order valence-corrected chi connectivity index (χ0v) is 11.7. The van der Waals surface area contributed by atoms with Crippen LogP contribution in [-0.4, -0.2) is 53.1 Å². The van der Waals surface area contributed by atoms with Crippen LogP contribution in [0.1, 0.15) is 26.7 Å². The van der Waals surface area contributed by atoms with E-state index < -0.39 is 12.0 Å². The maximum absolute atomic E-state index is 12.3. The summed E-state index contributed by atoms with van der Waals surface area (Å²) < 4.78 is 0. The quantitative estimate of drug-likeness (QED) is 0.837. The highest BCUT2D eigenvalue weighted by molar-refractivity contribution is 5.82. The predicted octanol–water partition coefficient (Wildman–Crippen LogP) is 1.38. The van der Waals surface area contributed by atoms with Gasteiger partial charge in [-0.15, -0.1) is 0 Å². The fourth-order valence-electron chi connectivity index (χ4n) is 2.35. The van der Waals surface area contributed by atoms with E-state index >= 15 is 0 Å². The number of nitrogens with zero attached hydrogens (tertiary/aromatic N) is 3. The van der Waals surface area contributed by atoms with Crippen molar-refractivity contribution in [1.29, 1.82) is 5.26 Å². The van der Waals surface area contributed by atoms with Gasteiger partial charge in [-0.05, 0) is 25.7 Å². The van der Waals surface area contributed by atoms with Gasteiger partial charge in [0.25, 0.3) is 0 Å². The zero-order valence-electron chi connectivity index (χ0n) is 11.7. The molecule has 1 N–H and O–H groups in total. The van der Waals surface area contributed by atoms with Gasteiger partial charge in [0.15, 0.2) is 0 Å². The average molecular weight is 267 g/mol. The molecule has 3 unspecified atom stereocenters. The van der Waals surface area contributed by atoms with Gasteiger partial charge in [0, 0.05) is 20.1 Å².